The smallest absolute Gasteiger partial charge is 0.202 e. The Morgan fingerprint density at radius 2 is 2.00 bits per heavy atom. The van der Waals surface area contributed by atoms with Crippen molar-refractivity contribution in [2.45, 2.75) is 0 Å². The molecule has 1 aromatic heterocycles. The summed E-state index contributed by atoms with van der Waals surface area (Å²) in [6, 6.07) is 9.54. The molecule has 0 atom stereocenters. The van der Waals surface area contributed by atoms with Gasteiger partial charge in [-0.25, -0.2) is 4.98 Å². The second-order valence-electron chi connectivity index (χ2n) is 2.43. The highest BCUT2D eigenvalue weighted by atomic mass is 32.1. The quantitative estimate of drug-likeness (QED) is 0.795. The number of benzene rings is 1. The van der Waals surface area contributed by atoms with Crippen LogP contribution in [0.3, 0.4) is 0 Å². The summed E-state index contributed by atoms with van der Waals surface area (Å²) in [4.78, 5) is 3.88. The number of nitrogens with zero attached hydrogens (tertiary/aromatic N) is 1. The fraction of sp³-hybridized carbons (Fsp3) is 0. The average Bonchev–Trinajstić information content (AvgIpc) is 2.53. The molecule has 1 heterocycles. The molecule has 0 fully saturated rings. The van der Waals surface area contributed by atoms with E-state index in [0.717, 1.165) is 5.75 Å². The van der Waals surface area contributed by atoms with Gasteiger partial charge in [-0.3, -0.25) is 0 Å². The fourth-order valence-corrected chi connectivity index (χ4v) is 1.48. The Labute approximate surface area is 79.8 Å². The van der Waals surface area contributed by atoms with Gasteiger partial charge < -0.3 is 10.5 Å². The molecule has 2 rings (SSSR count). The molecule has 0 unspecified atom stereocenters. The largest absolute Gasteiger partial charge is 0.445 e. The number of anilines is 1. The van der Waals surface area contributed by atoms with Gasteiger partial charge in [-0.15, -0.1) is 0 Å². The number of ether oxygens (including phenoxy) is 1. The van der Waals surface area contributed by atoms with Crippen molar-refractivity contribution >= 4 is 16.5 Å². The first kappa shape index (κ1) is 8.07. The van der Waals surface area contributed by atoms with Crippen LogP contribution < -0.4 is 10.5 Å². The van der Waals surface area contributed by atoms with Crippen molar-refractivity contribution in [2.75, 3.05) is 5.73 Å². The SMILES string of the molecule is Nc1ncc(Oc2ccccc2)s1. The van der Waals surface area contributed by atoms with Gasteiger partial charge in [0.25, 0.3) is 0 Å². The third kappa shape index (κ3) is 1.97. The standard InChI is InChI=1S/C9H8N2OS/c10-9-11-6-8(13-9)12-7-4-2-1-3-5-7/h1-6H,(H2,10,11). The number of aromatic nitrogens is 1. The van der Waals surface area contributed by atoms with E-state index in [0.29, 0.717) is 10.2 Å². The maximum atomic E-state index is 5.48. The first-order valence-electron chi connectivity index (χ1n) is 3.79. The maximum absolute atomic E-state index is 5.48. The first-order valence-corrected chi connectivity index (χ1v) is 4.60. The molecule has 0 saturated carbocycles. The molecule has 2 N–H and O–H groups in total. The van der Waals surface area contributed by atoms with Crippen LogP contribution in [0, 0.1) is 0 Å². The second-order valence-corrected chi connectivity index (χ2v) is 3.46. The summed E-state index contributed by atoms with van der Waals surface area (Å²) in [5.41, 5.74) is 5.46. The summed E-state index contributed by atoms with van der Waals surface area (Å²) in [5, 5.41) is 1.23. The van der Waals surface area contributed by atoms with E-state index in [4.69, 9.17) is 10.5 Å². The Morgan fingerprint density at radius 1 is 1.23 bits per heavy atom. The lowest BCUT2D eigenvalue weighted by Crippen LogP contribution is -1.78. The van der Waals surface area contributed by atoms with E-state index >= 15 is 0 Å². The third-order valence-corrected chi connectivity index (χ3v) is 2.17. The molecule has 2 aromatic rings. The average molecular weight is 192 g/mol. The Morgan fingerprint density at radius 3 is 2.62 bits per heavy atom. The summed E-state index contributed by atoms with van der Waals surface area (Å²) in [7, 11) is 0. The van der Waals surface area contributed by atoms with Crippen LogP contribution in [-0.4, -0.2) is 4.98 Å². The molecular weight excluding hydrogens is 184 g/mol. The normalized spacial score (nSPS) is 9.85. The van der Waals surface area contributed by atoms with E-state index < -0.39 is 0 Å². The van der Waals surface area contributed by atoms with Crippen LogP contribution in [0.4, 0.5) is 5.13 Å². The molecular formula is C9H8N2OS. The topological polar surface area (TPSA) is 48.1 Å². The van der Waals surface area contributed by atoms with Crippen molar-refractivity contribution in [1.82, 2.24) is 4.98 Å². The third-order valence-electron chi connectivity index (χ3n) is 1.46. The number of rotatable bonds is 2. The minimum atomic E-state index is 0.519. The van der Waals surface area contributed by atoms with Crippen LogP contribution in [-0.2, 0) is 0 Å². The first-order chi connectivity index (χ1) is 6.34. The van der Waals surface area contributed by atoms with Gasteiger partial charge in [0.15, 0.2) is 5.13 Å². The molecule has 1 aromatic carbocycles. The van der Waals surface area contributed by atoms with E-state index in [1.807, 2.05) is 30.3 Å². The molecule has 0 aliphatic carbocycles. The molecule has 0 spiro atoms. The Balaban J connectivity index is 2.15. The molecule has 0 amide bonds. The molecule has 66 valence electrons. The van der Waals surface area contributed by atoms with Crippen LogP contribution in [0.15, 0.2) is 36.5 Å². The van der Waals surface area contributed by atoms with Crippen LogP contribution >= 0.6 is 11.3 Å². The monoisotopic (exact) mass is 192 g/mol. The van der Waals surface area contributed by atoms with E-state index in [1.54, 1.807) is 6.20 Å². The molecule has 0 bridgehead atoms. The van der Waals surface area contributed by atoms with Crippen LogP contribution in [0.2, 0.25) is 0 Å². The Hall–Kier alpha value is -1.55. The predicted octanol–water partition coefficient (Wildman–Crippen LogP) is 2.52. The van der Waals surface area contributed by atoms with Gasteiger partial charge in [0.1, 0.15) is 5.75 Å². The number of hydrogen-bond donors (Lipinski definition) is 1. The summed E-state index contributed by atoms with van der Waals surface area (Å²) < 4.78 is 5.48. The molecule has 0 aliphatic heterocycles. The van der Waals surface area contributed by atoms with Crippen LogP contribution in [0.1, 0.15) is 0 Å². The molecule has 0 saturated heterocycles. The number of nitrogens with two attached hydrogens (primary N) is 1. The predicted molar refractivity (Wildman–Crippen MR) is 53.0 cm³/mol. The van der Waals surface area contributed by atoms with Gasteiger partial charge >= 0.3 is 0 Å². The number of nitrogen functional groups attached to an aromatic ring is 1. The summed E-state index contributed by atoms with van der Waals surface area (Å²) in [5.74, 6) is 0.797. The number of hydrogen-bond acceptors (Lipinski definition) is 4. The molecule has 3 nitrogen and oxygen atoms in total. The Bertz CT molecular complexity index is 386. The zero-order valence-corrected chi connectivity index (χ0v) is 7.62. The summed E-state index contributed by atoms with van der Waals surface area (Å²) in [6.45, 7) is 0. The van der Waals surface area contributed by atoms with Crippen LogP contribution in [0.25, 0.3) is 0 Å². The van der Waals surface area contributed by atoms with Crippen molar-refractivity contribution < 1.29 is 4.74 Å². The summed E-state index contributed by atoms with van der Waals surface area (Å²) >= 11 is 1.33. The number of para-hydroxylation sites is 1. The van der Waals surface area contributed by atoms with Crippen molar-refractivity contribution in [3.05, 3.63) is 36.5 Å². The second kappa shape index (κ2) is 3.45. The fourth-order valence-electron chi connectivity index (χ4n) is 0.924. The van der Waals surface area contributed by atoms with Gasteiger partial charge in [0.05, 0.1) is 6.20 Å². The van der Waals surface area contributed by atoms with Crippen molar-refractivity contribution in [2.24, 2.45) is 0 Å². The van der Waals surface area contributed by atoms with Crippen molar-refractivity contribution in [3.8, 4) is 10.8 Å². The lowest BCUT2D eigenvalue weighted by atomic mass is 10.3. The van der Waals surface area contributed by atoms with Gasteiger partial charge in [-0.1, -0.05) is 29.5 Å². The van der Waals surface area contributed by atoms with Crippen LogP contribution in [0.5, 0.6) is 10.8 Å². The molecule has 0 aliphatic rings. The summed E-state index contributed by atoms with van der Waals surface area (Å²) in [6.07, 6.45) is 1.62. The van der Waals surface area contributed by atoms with Crippen molar-refractivity contribution in [3.63, 3.8) is 0 Å². The zero-order chi connectivity index (χ0) is 9.10. The Kier molecular flexibility index (Phi) is 2.14. The highest BCUT2D eigenvalue weighted by Gasteiger charge is 1.99. The highest BCUT2D eigenvalue weighted by molar-refractivity contribution is 7.17. The van der Waals surface area contributed by atoms with Crippen molar-refractivity contribution in [1.29, 1.82) is 0 Å². The lowest BCUT2D eigenvalue weighted by Gasteiger charge is -1.99. The van der Waals surface area contributed by atoms with Gasteiger partial charge in [-0.05, 0) is 12.1 Å². The van der Waals surface area contributed by atoms with E-state index in [9.17, 15) is 0 Å². The lowest BCUT2D eigenvalue weighted by molar-refractivity contribution is 0.495. The number of thiazole rings is 1. The highest BCUT2D eigenvalue weighted by Crippen LogP contribution is 2.27. The van der Waals surface area contributed by atoms with Gasteiger partial charge in [0, 0.05) is 0 Å². The maximum Gasteiger partial charge on any atom is 0.202 e. The molecule has 13 heavy (non-hydrogen) atoms. The van der Waals surface area contributed by atoms with E-state index in [-0.39, 0.29) is 0 Å². The van der Waals surface area contributed by atoms with Gasteiger partial charge in [0.2, 0.25) is 5.06 Å². The van der Waals surface area contributed by atoms with Gasteiger partial charge in [-0.2, -0.15) is 0 Å². The minimum absolute atomic E-state index is 0.519. The zero-order valence-electron chi connectivity index (χ0n) is 6.81. The van der Waals surface area contributed by atoms with E-state index in [1.165, 1.54) is 11.3 Å². The minimum Gasteiger partial charge on any atom is -0.445 e. The molecule has 4 heteroatoms. The van der Waals surface area contributed by atoms with E-state index in [2.05, 4.69) is 4.98 Å². The molecule has 0 radical (unpaired) electrons.